The summed E-state index contributed by atoms with van der Waals surface area (Å²) in [6.45, 7) is 2.10. The molecule has 30 heavy (non-hydrogen) atoms. The molecular weight excluding hydrogens is 394 g/mol. The first-order chi connectivity index (χ1) is 14.0. The number of carbonyl (C=O) groups excluding carboxylic acids is 1. The number of hydrogen-bond donors (Lipinski definition) is 1. The number of aromatic nitrogens is 1. The van der Waals surface area contributed by atoms with E-state index < -0.39 is 0 Å². The van der Waals surface area contributed by atoms with Crippen molar-refractivity contribution >= 4 is 29.2 Å². The molecule has 0 saturated carbocycles. The molecule has 5 heteroatoms. The van der Waals surface area contributed by atoms with E-state index >= 15 is 0 Å². The zero-order valence-electron chi connectivity index (χ0n) is 17.9. The minimum absolute atomic E-state index is 0. The Morgan fingerprint density at radius 3 is 2.33 bits per heavy atom. The molecule has 2 aliphatic heterocycles. The predicted molar refractivity (Wildman–Crippen MR) is 125 cm³/mol. The molecule has 5 rings (SSSR count). The number of halogens is 1. The van der Waals surface area contributed by atoms with E-state index in [-0.39, 0.29) is 24.4 Å². The van der Waals surface area contributed by atoms with Crippen molar-refractivity contribution in [1.82, 2.24) is 14.8 Å². The number of benzene rings is 2. The lowest BCUT2D eigenvalue weighted by Crippen LogP contribution is -2.48. The molecule has 2 aliphatic rings. The second-order valence-corrected chi connectivity index (χ2v) is 8.86. The van der Waals surface area contributed by atoms with Crippen molar-refractivity contribution < 1.29 is 4.79 Å². The molecule has 3 aromatic rings. The monoisotopic (exact) mass is 423 g/mol. The Balaban J connectivity index is 0.00000218. The van der Waals surface area contributed by atoms with Crippen LogP contribution in [0.3, 0.4) is 0 Å². The van der Waals surface area contributed by atoms with E-state index in [9.17, 15) is 4.79 Å². The average molecular weight is 424 g/mol. The van der Waals surface area contributed by atoms with Gasteiger partial charge in [-0.05, 0) is 56.8 Å². The standard InChI is InChI=1S/C25H29N3O.ClH/c1-16-9-12-21-22(13-16)28(3)24(17-7-5-4-6-8-17)23(21)25(29)26-18-14-19-10-11-20(15-18)27(19)2;/h4-9,12-13,18-20H,10-11,14-15H2,1-3H3,(H,26,29);1H. The largest absolute Gasteiger partial charge is 0.349 e. The Kier molecular flexibility index (Phi) is 5.65. The summed E-state index contributed by atoms with van der Waals surface area (Å²) < 4.78 is 2.17. The summed E-state index contributed by atoms with van der Waals surface area (Å²) in [6, 6.07) is 18.1. The van der Waals surface area contributed by atoms with Crippen molar-refractivity contribution in [2.24, 2.45) is 7.05 Å². The zero-order chi connectivity index (χ0) is 20.1. The third kappa shape index (κ3) is 3.42. The van der Waals surface area contributed by atoms with Gasteiger partial charge in [0.1, 0.15) is 0 Å². The lowest BCUT2D eigenvalue weighted by molar-refractivity contribution is 0.0884. The van der Waals surface area contributed by atoms with Gasteiger partial charge in [0.05, 0.1) is 11.3 Å². The third-order valence-electron chi connectivity index (χ3n) is 7.06. The number of amides is 1. The number of aryl methyl sites for hydroxylation is 2. The van der Waals surface area contributed by atoms with Crippen LogP contribution in [0.5, 0.6) is 0 Å². The van der Waals surface area contributed by atoms with Crippen LogP contribution in [-0.2, 0) is 7.05 Å². The molecule has 2 aromatic carbocycles. The Labute approximate surface area is 184 Å². The predicted octanol–water partition coefficient (Wildman–Crippen LogP) is 4.93. The molecule has 1 N–H and O–H groups in total. The Bertz CT molecular complexity index is 1060. The lowest BCUT2D eigenvalue weighted by Gasteiger charge is -2.36. The first-order valence-electron chi connectivity index (χ1n) is 10.7. The molecule has 3 heterocycles. The topological polar surface area (TPSA) is 37.3 Å². The van der Waals surface area contributed by atoms with Crippen molar-refractivity contribution in [3.63, 3.8) is 0 Å². The molecule has 2 unspecified atom stereocenters. The van der Waals surface area contributed by atoms with Gasteiger partial charge in [0.15, 0.2) is 0 Å². The molecule has 2 fully saturated rings. The summed E-state index contributed by atoms with van der Waals surface area (Å²) in [4.78, 5) is 16.1. The fourth-order valence-corrected chi connectivity index (χ4v) is 5.50. The van der Waals surface area contributed by atoms with Crippen LogP contribution in [0.4, 0.5) is 0 Å². The van der Waals surface area contributed by atoms with Gasteiger partial charge >= 0.3 is 0 Å². The number of rotatable bonds is 3. The van der Waals surface area contributed by atoms with Crippen molar-refractivity contribution in [3.05, 3.63) is 59.7 Å². The van der Waals surface area contributed by atoms with Gasteiger partial charge in [0, 0.05) is 36.1 Å². The molecule has 2 bridgehead atoms. The Morgan fingerprint density at radius 2 is 1.67 bits per heavy atom. The van der Waals surface area contributed by atoms with Crippen LogP contribution in [0.1, 0.15) is 41.6 Å². The highest BCUT2D eigenvalue weighted by atomic mass is 35.5. The molecule has 0 aliphatic carbocycles. The molecule has 1 amide bonds. The molecule has 158 valence electrons. The van der Waals surface area contributed by atoms with E-state index in [4.69, 9.17) is 0 Å². The maximum absolute atomic E-state index is 13.6. The zero-order valence-corrected chi connectivity index (χ0v) is 18.7. The highest BCUT2D eigenvalue weighted by molar-refractivity contribution is 6.13. The highest BCUT2D eigenvalue weighted by Crippen LogP contribution is 2.36. The number of carbonyl (C=O) groups is 1. The summed E-state index contributed by atoms with van der Waals surface area (Å²) >= 11 is 0. The van der Waals surface area contributed by atoms with Crippen LogP contribution in [0.25, 0.3) is 22.2 Å². The average Bonchev–Trinajstić information content (AvgIpc) is 3.10. The normalized spacial score (nSPS) is 23.4. The summed E-state index contributed by atoms with van der Waals surface area (Å²) in [6.07, 6.45) is 4.64. The smallest absolute Gasteiger partial charge is 0.254 e. The highest BCUT2D eigenvalue weighted by Gasteiger charge is 2.39. The number of nitrogens with zero attached hydrogens (tertiary/aromatic N) is 2. The number of piperidine rings is 1. The summed E-state index contributed by atoms with van der Waals surface area (Å²) in [5.74, 6) is 0.0623. The summed E-state index contributed by atoms with van der Waals surface area (Å²) in [5.41, 5.74) is 5.20. The molecule has 4 nitrogen and oxygen atoms in total. The second-order valence-electron chi connectivity index (χ2n) is 8.86. The molecule has 2 atom stereocenters. The van der Waals surface area contributed by atoms with E-state index in [2.05, 4.69) is 66.1 Å². The van der Waals surface area contributed by atoms with Gasteiger partial charge in [-0.25, -0.2) is 0 Å². The molecule has 0 radical (unpaired) electrons. The minimum atomic E-state index is 0. The van der Waals surface area contributed by atoms with Crippen LogP contribution in [0.2, 0.25) is 0 Å². The van der Waals surface area contributed by atoms with Crippen LogP contribution in [-0.4, -0.2) is 40.5 Å². The van der Waals surface area contributed by atoms with E-state index in [1.54, 1.807) is 0 Å². The van der Waals surface area contributed by atoms with E-state index in [0.29, 0.717) is 12.1 Å². The van der Waals surface area contributed by atoms with Gasteiger partial charge in [-0.3, -0.25) is 4.79 Å². The Morgan fingerprint density at radius 1 is 1.00 bits per heavy atom. The molecule has 1 aromatic heterocycles. The van der Waals surface area contributed by atoms with Crippen LogP contribution < -0.4 is 5.32 Å². The SMILES string of the molecule is Cc1ccc2c(C(=O)NC3CC4CCC(C3)N4C)c(-c3ccccc3)n(C)c2c1.Cl. The second kappa shape index (κ2) is 8.09. The summed E-state index contributed by atoms with van der Waals surface area (Å²) in [7, 11) is 4.30. The van der Waals surface area contributed by atoms with E-state index in [1.165, 1.54) is 18.4 Å². The molecule has 2 saturated heterocycles. The number of fused-ring (bicyclic) bond motifs is 3. The van der Waals surface area contributed by atoms with Gasteiger partial charge in [-0.2, -0.15) is 0 Å². The van der Waals surface area contributed by atoms with E-state index in [1.807, 2.05) is 18.2 Å². The fourth-order valence-electron chi connectivity index (χ4n) is 5.50. The maximum atomic E-state index is 13.6. The number of hydrogen-bond acceptors (Lipinski definition) is 2. The van der Waals surface area contributed by atoms with Crippen LogP contribution >= 0.6 is 12.4 Å². The van der Waals surface area contributed by atoms with Gasteiger partial charge < -0.3 is 14.8 Å². The molecule has 0 spiro atoms. The van der Waals surface area contributed by atoms with E-state index in [0.717, 1.165) is 40.6 Å². The van der Waals surface area contributed by atoms with Crippen LogP contribution in [0.15, 0.2) is 48.5 Å². The Hall–Kier alpha value is -2.30. The quantitative estimate of drug-likeness (QED) is 0.648. The lowest BCUT2D eigenvalue weighted by atomic mass is 9.97. The van der Waals surface area contributed by atoms with Crippen molar-refractivity contribution in [2.75, 3.05) is 7.05 Å². The van der Waals surface area contributed by atoms with Gasteiger partial charge in [0.2, 0.25) is 0 Å². The fraction of sp³-hybridized carbons (Fsp3) is 0.400. The van der Waals surface area contributed by atoms with Crippen molar-refractivity contribution in [3.8, 4) is 11.3 Å². The number of nitrogens with one attached hydrogen (secondary N) is 1. The first-order valence-corrected chi connectivity index (χ1v) is 10.7. The van der Waals surface area contributed by atoms with Gasteiger partial charge in [0.25, 0.3) is 5.91 Å². The maximum Gasteiger partial charge on any atom is 0.254 e. The molecular formula is C25H30ClN3O. The first kappa shape index (κ1) is 21.0. The minimum Gasteiger partial charge on any atom is -0.349 e. The van der Waals surface area contributed by atoms with Gasteiger partial charge in [-0.1, -0.05) is 42.5 Å². The summed E-state index contributed by atoms with van der Waals surface area (Å²) in [5, 5.41) is 4.44. The van der Waals surface area contributed by atoms with Crippen LogP contribution in [0, 0.1) is 6.92 Å². The van der Waals surface area contributed by atoms with Crippen molar-refractivity contribution in [1.29, 1.82) is 0 Å². The third-order valence-corrected chi connectivity index (χ3v) is 7.06. The van der Waals surface area contributed by atoms with Gasteiger partial charge in [-0.15, -0.1) is 12.4 Å². The van der Waals surface area contributed by atoms with Crippen molar-refractivity contribution in [2.45, 2.75) is 50.7 Å².